The summed E-state index contributed by atoms with van der Waals surface area (Å²) in [6.07, 6.45) is 4.15. The van der Waals surface area contributed by atoms with Crippen LogP contribution in [-0.2, 0) is 18.3 Å². The Hall–Kier alpha value is -1.88. The van der Waals surface area contributed by atoms with Crippen molar-refractivity contribution in [3.63, 3.8) is 0 Å². The standard InChI is InChI=1S/C18H24N4O/c1-22-15-5-3-2-4-14(15)21-16(22)6-9-20-17(23)13-12-18(13)7-10-19-11-8-18/h2-5,13,19H,6-12H2,1H3,(H,20,23)/t13-/m1/s1. The van der Waals surface area contributed by atoms with Gasteiger partial charge in [0.05, 0.1) is 11.0 Å². The van der Waals surface area contributed by atoms with Crippen LogP contribution < -0.4 is 10.6 Å². The van der Waals surface area contributed by atoms with Gasteiger partial charge in [-0.2, -0.15) is 0 Å². The molecule has 1 aliphatic carbocycles. The van der Waals surface area contributed by atoms with Crippen molar-refractivity contribution >= 4 is 16.9 Å². The number of hydrogen-bond acceptors (Lipinski definition) is 3. The summed E-state index contributed by atoms with van der Waals surface area (Å²) in [6.45, 7) is 2.79. The van der Waals surface area contributed by atoms with Crippen molar-refractivity contribution in [2.24, 2.45) is 18.4 Å². The maximum absolute atomic E-state index is 12.4. The number of nitrogens with one attached hydrogen (secondary N) is 2. The van der Waals surface area contributed by atoms with Gasteiger partial charge >= 0.3 is 0 Å². The number of aromatic nitrogens is 2. The van der Waals surface area contributed by atoms with E-state index in [-0.39, 0.29) is 11.8 Å². The van der Waals surface area contributed by atoms with Crippen molar-refractivity contribution in [2.45, 2.75) is 25.7 Å². The third-order valence-electron chi connectivity index (χ3n) is 5.63. The van der Waals surface area contributed by atoms with Gasteiger partial charge in [-0.05, 0) is 49.9 Å². The summed E-state index contributed by atoms with van der Waals surface area (Å²) in [7, 11) is 2.04. The van der Waals surface area contributed by atoms with E-state index in [2.05, 4.69) is 26.3 Å². The van der Waals surface area contributed by atoms with Gasteiger partial charge in [-0.25, -0.2) is 4.98 Å². The van der Waals surface area contributed by atoms with Crippen LogP contribution in [0.4, 0.5) is 0 Å². The van der Waals surface area contributed by atoms with Gasteiger partial charge in [-0.3, -0.25) is 4.79 Å². The number of imidazole rings is 1. The van der Waals surface area contributed by atoms with Crippen molar-refractivity contribution < 1.29 is 4.79 Å². The molecule has 0 radical (unpaired) electrons. The Kier molecular flexibility index (Phi) is 3.60. The summed E-state index contributed by atoms with van der Waals surface area (Å²) in [5, 5.41) is 6.50. The predicted octanol–water partition coefficient (Wildman–Crippen LogP) is 1.62. The molecular formula is C18H24N4O. The first-order chi connectivity index (χ1) is 11.2. The Bertz CT molecular complexity index is 730. The van der Waals surface area contributed by atoms with E-state index < -0.39 is 0 Å². The van der Waals surface area contributed by atoms with Crippen LogP contribution in [0, 0.1) is 11.3 Å². The summed E-state index contributed by atoms with van der Waals surface area (Å²) in [5.74, 6) is 1.51. The second-order valence-corrected chi connectivity index (χ2v) is 6.99. The first-order valence-electron chi connectivity index (χ1n) is 8.58. The number of amides is 1. The molecule has 4 rings (SSSR count). The van der Waals surface area contributed by atoms with Crippen LogP contribution in [0.25, 0.3) is 11.0 Å². The summed E-state index contributed by atoms with van der Waals surface area (Å²) in [5.41, 5.74) is 2.48. The monoisotopic (exact) mass is 312 g/mol. The lowest BCUT2D eigenvalue weighted by Crippen LogP contribution is -2.34. The zero-order valence-electron chi connectivity index (χ0n) is 13.6. The molecule has 1 saturated carbocycles. The van der Waals surface area contributed by atoms with Crippen molar-refractivity contribution in [3.05, 3.63) is 30.1 Å². The number of benzene rings is 1. The third kappa shape index (κ3) is 2.63. The Morgan fingerprint density at radius 1 is 1.39 bits per heavy atom. The van der Waals surface area contributed by atoms with Crippen molar-refractivity contribution in [1.29, 1.82) is 0 Å². The van der Waals surface area contributed by atoms with Crippen LogP contribution in [0.2, 0.25) is 0 Å². The summed E-state index contributed by atoms with van der Waals surface area (Å²) in [4.78, 5) is 17.0. The van der Waals surface area contributed by atoms with Gasteiger partial charge in [-0.1, -0.05) is 12.1 Å². The predicted molar refractivity (Wildman–Crippen MR) is 90.1 cm³/mol. The van der Waals surface area contributed by atoms with E-state index in [0.29, 0.717) is 12.0 Å². The lowest BCUT2D eigenvalue weighted by atomic mass is 9.92. The summed E-state index contributed by atoms with van der Waals surface area (Å²) in [6, 6.07) is 8.14. The quantitative estimate of drug-likeness (QED) is 0.902. The van der Waals surface area contributed by atoms with Gasteiger partial charge in [0.2, 0.25) is 5.91 Å². The maximum atomic E-state index is 12.4. The highest BCUT2D eigenvalue weighted by Crippen LogP contribution is 2.58. The molecule has 2 heterocycles. The number of aryl methyl sites for hydroxylation is 1. The molecule has 1 aliphatic heterocycles. The molecule has 5 heteroatoms. The number of hydrogen-bond donors (Lipinski definition) is 2. The molecule has 1 aromatic carbocycles. The molecule has 1 amide bonds. The van der Waals surface area contributed by atoms with Crippen LogP contribution in [-0.4, -0.2) is 35.1 Å². The molecule has 1 saturated heterocycles. The molecule has 2 fully saturated rings. The molecule has 5 nitrogen and oxygen atoms in total. The fourth-order valence-corrected chi connectivity index (χ4v) is 4.04. The third-order valence-corrected chi connectivity index (χ3v) is 5.63. The van der Waals surface area contributed by atoms with Gasteiger partial charge in [0.1, 0.15) is 5.82 Å². The maximum Gasteiger partial charge on any atom is 0.223 e. The first kappa shape index (κ1) is 14.7. The lowest BCUT2D eigenvalue weighted by molar-refractivity contribution is -0.123. The van der Waals surface area contributed by atoms with Crippen LogP contribution in [0.15, 0.2) is 24.3 Å². The van der Waals surface area contributed by atoms with Crippen molar-refractivity contribution in [2.75, 3.05) is 19.6 Å². The van der Waals surface area contributed by atoms with Crippen molar-refractivity contribution in [1.82, 2.24) is 20.2 Å². The van der Waals surface area contributed by atoms with Crippen LogP contribution >= 0.6 is 0 Å². The number of rotatable bonds is 4. The molecule has 1 spiro atoms. The fraction of sp³-hybridized carbons (Fsp3) is 0.556. The summed E-state index contributed by atoms with van der Waals surface area (Å²) < 4.78 is 2.12. The van der Waals surface area contributed by atoms with E-state index in [0.717, 1.165) is 55.6 Å². The minimum absolute atomic E-state index is 0.241. The highest BCUT2D eigenvalue weighted by atomic mass is 16.2. The van der Waals surface area contributed by atoms with Crippen LogP contribution in [0.5, 0.6) is 0 Å². The Balaban J connectivity index is 1.33. The van der Waals surface area contributed by atoms with E-state index in [1.807, 2.05) is 25.2 Å². The normalized spacial score (nSPS) is 22.4. The van der Waals surface area contributed by atoms with Crippen LogP contribution in [0.3, 0.4) is 0 Å². The second-order valence-electron chi connectivity index (χ2n) is 6.99. The Morgan fingerprint density at radius 2 is 2.17 bits per heavy atom. The molecule has 2 aliphatic rings. The average Bonchev–Trinajstić information content (AvgIpc) is 3.17. The van der Waals surface area contributed by atoms with E-state index in [1.165, 1.54) is 0 Å². The Labute approximate surface area is 136 Å². The largest absolute Gasteiger partial charge is 0.355 e. The molecule has 0 bridgehead atoms. The molecule has 23 heavy (non-hydrogen) atoms. The smallest absolute Gasteiger partial charge is 0.223 e. The second kappa shape index (κ2) is 5.64. The van der Waals surface area contributed by atoms with Gasteiger partial charge in [0.25, 0.3) is 0 Å². The van der Waals surface area contributed by atoms with Gasteiger partial charge in [0.15, 0.2) is 0 Å². The van der Waals surface area contributed by atoms with Gasteiger partial charge in [-0.15, -0.1) is 0 Å². The number of nitrogens with zero attached hydrogens (tertiary/aromatic N) is 2. The lowest BCUT2D eigenvalue weighted by Gasteiger charge is -2.23. The van der Waals surface area contributed by atoms with E-state index in [1.54, 1.807) is 0 Å². The highest BCUT2D eigenvalue weighted by molar-refractivity contribution is 5.82. The zero-order valence-corrected chi connectivity index (χ0v) is 13.6. The molecule has 0 unspecified atom stereocenters. The minimum atomic E-state index is 0.241. The SMILES string of the molecule is Cn1c(CCNC(=O)[C@H]2CC23CCNCC3)nc2ccccc21. The number of carbonyl (C=O) groups is 1. The zero-order chi connectivity index (χ0) is 15.9. The molecule has 1 aromatic heterocycles. The number of fused-ring (bicyclic) bond motifs is 1. The molecule has 122 valence electrons. The number of piperidine rings is 1. The molecule has 2 N–H and O–H groups in total. The summed E-state index contributed by atoms with van der Waals surface area (Å²) >= 11 is 0. The average molecular weight is 312 g/mol. The molecule has 1 atom stereocenters. The van der Waals surface area contributed by atoms with Gasteiger partial charge in [0, 0.05) is 25.9 Å². The fourth-order valence-electron chi connectivity index (χ4n) is 4.04. The number of carbonyl (C=O) groups excluding carboxylic acids is 1. The topological polar surface area (TPSA) is 59.0 Å². The first-order valence-corrected chi connectivity index (χ1v) is 8.58. The molecular weight excluding hydrogens is 288 g/mol. The Morgan fingerprint density at radius 3 is 2.96 bits per heavy atom. The van der Waals surface area contributed by atoms with E-state index in [4.69, 9.17) is 0 Å². The highest BCUT2D eigenvalue weighted by Gasteiger charge is 2.57. The van der Waals surface area contributed by atoms with Gasteiger partial charge < -0.3 is 15.2 Å². The minimum Gasteiger partial charge on any atom is -0.355 e. The van der Waals surface area contributed by atoms with E-state index in [9.17, 15) is 4.79 Å². The number of para-hydroxylation sites is 2. The molecule has 2 aromatic rings. The van der Waals surface area contributed by atoms with E-state index >= 15 is 0 Å². The van der Waals surface area contributed by atoms with Crippen molar-refractivity contribution in [3.8, 4) is 0 Å². The van der Waals surface area contributed by atoms with Crippen LogP contribution in [0.1, 0.15) is 25.1 Å².